The monoisotopic (exact) mass is 486 g/mol. The van der Waals surface area contributed by atoms with E-state index in [9.17, 15) is 13.2 Å². The Morgan fingerprint density at radius 3 is 2.44 bits per heavy atom. The van der Waals surface area contributed by atoms with Crippen LogP contribution in [0.15, 0.2) is 53.4 Å². The fourth-order valence-corrected chi connectivity index (χ4v) is 5.31. The molecule has 3 rings (SSSR count). The number of aromatic nitrogens is 2. The number of imidazole rings is 1. The van der Waals surface area contributed by atoms with Gasteiger partial charge in [-0.2, -0.15) is 4.31 Å². The molecule has 0 aliphatic rings. The van der Waals surface area contributed by atoms with Gasteiger partial charge in [-0.15, -0.1) is 0 Å². The predicted octanol–water partition coefficient (Wildman–Crippen LogP) is 4.06. The zero-order chi connectivity index (χ0) is 24.6. The first-order valence-corrected chi connectivity index (χ1v) is 13.3. The third kappa shape index (κ3) is 6.22. The Morgan fingerprint density at radius 2 is 1.76 bits per heavy atom. The fraction of sp³-hybridized carbons (Fsp3) is 0.440. The third-order valence-corrected chi connectivity index (χ3v) is 7.75. The molecule has 0 bridgehead atoms. The van der Waals surface area contributed by atoms with Crippen LogP contribution in [0.4, 0.5) is 5.95 Å². The second-order valence-corrected chi connectivity index (χ2v) is 9.85. The quantitative estimate of drug-likeness (QED) is 0.368. The number of fused-ring (bicyclic) bond motifs is 1. The molecule has 0 spiro atoms. The number of para-hydroxylation sites is 2. The van der Waals surface area contributed by atoms with Crippen molar-refractivity contribution in [1.82, 2.24) is 13.9 Å². The maximum absolute atomic E-state index is 12.7. The minimum atomic E-state index is -3.48. The zero-order valence-corrected chi connectivity index (χ0v) is 21.0. The number of nitrogens with zero attached hydrogens (tertiary/aromatic N) is 3. The molecule has 0 aliphatic carbocycles. The Labute approximate surface area is 202 Å². The molecule has 0 radical (unpaired) electrons. The van der Waals surface area contributed by atoms with Crippen molar-refractivity contribution in [1.29, 1.82) is 0 Å². The highest BCUT2D eigenvalue weighted by atomic mass is 32.2. The molecule has 9 heteroatoms. The van der Waals surface area contributed by atoms with Crippen LogP contribution in [0.5, 0.6) is 0 Å². The number of nitrogens with one attached hydrogen (secondary N) is 1. The largest absolute Gasteiger partial charge is 0.382 e. The highest BCUT2D eigenvalue weighted by Crippen LogP contribution is 2.21. The summed E-state index contributed by atoms with van der Waals surface area (Å²) in [7, 11) is -3.48. The summed E-state index contributed by atoms with van der Waals surface area (Å²) in [5.74, 6) is 0.393. The third-order valence-electron chi connectivity index (χ3n) is 5.69. The lowest BCUT2D eigenvalue weighted by Crippen LogP contribution is -2.30. The van der Waals surface area contributed by atoms with Crippen LogP contribution in [0.3, 0.4) is 0 Å². The van der Waals surface area contributed by atoms with Crippen molar-refractivity contribution in [2.75, 3.05) is 31.6 Å². The number of hydrogen-bond acceptors (Lipinski definition) is 5. The van der Waals surface area contributed by atoms with Gasteiger partial charge in [-0.1, -0.05) is 38.1 Å². The Morgan fingerprint density at radius 1 is 1.06 bits per heavy atom. The number of anilines is 1. The van der Waals surface area contributed by atoms with Crippen molar-refractivity contribution >= 4 is 32.9 Å². The average molecular weight is 487 g/mol. The molecule has 34 heavy (non-hydrogen) atoms. The summed E-state index contributed by atoms with van der Waals surface area (Å²) in [6, 6.07) is 14.6. The number of carbonyl (C=O) groups is 1. The number of rotatable bonds is 13. The van der Waals surface area contributed by atoms with Gasteiger partial charge >= 0.3 is 0 Å². The van der Waals surface area contributed by atoms with Crippen LogP contribution in [0, 0.1) is 0 Å². The summed E-state index contributed by atoms with van der Waals surface area (Å²) < 4.78 is 34.2. The van der Waals surface area contributed by atoms with Crippen LogP contribution in [0.1, 0.15) is 39.2 Å². The Hall–Kier alpha value is -2.75. The predicted molar refractivity (Wildman–Crippen MR) is 134 cm³/mol. The number of carbonyl (C=O) groups excluding carboxylic acids is 1. The van der Waals surface area contributed by atoms with E-state index in [0.717, 1.165) is 23.0 Å². The molecule has 1 N–H and O–H groups in total. The number of amides is 1. The van der Waals surface area contributed by atoms with E-state index in [1.54, 1.807) is 24.3 Å². The molecule has 0 unspecified atom stereocenters. The van der Waals surface area contributed by atoms with Gasteiger partial charge in [0.25, 0.3) is 0 Å². The van der Waals surface area contributed by atoms with Gasteiger partial charge in [-0.05, 0) is 49.6 Å². The van der Waals surface area contributed by atoms with Crippen LogP contribution in [-0.4, -0.2) is 54.5 Å². The van der Waals surface area contributed by atoms with Gasteiger partial charge < -0.3 is 9.30 Å². The lowest BCUT2D eigenvalue weighted by molar-refractivity contribution is -0.116. The topological polar surface area (TPSA) is 93.5 Å². The molecule has 1 amide bonds. The van der Waals surface area contributed by atoms with Crippen LogP contribution in [-0.2, 0) is 32.5 Å². The van der Waals surface area contributed by atoms with Crippen molar-refractivity contribution in [2.45, 2.75) is 51.5 Å². The van der Waals surface area contributed by atoms with E-state index in [1.165, 1.54) is 4.31 Å². The summed E-state index contributed by atoms with van der Waals surface area (Å²) in [5, 5.41) is 2.95. The normalized spacial score (nSPS) is 11.9. The smallest absolute Gasteiger partial charge is 0.243 e. The number of sulfonamides is 1. The summed E-state index contributed by atoms with van der Waals surface area (Å²) in [6.45, 7) is 8.48. The molecule has 1 heterocycles. The van der Waals surface area contributed by atoms with Crippen molar-refractivity contribution in [3.63, 3.8) is 0 Å². The zero-order valence-electron chi connectivity index (χ0n) is 20.2. The summed E-state index contributed by atoms with van der Waals surface area (Å²) in [5.41, 5.74) is 2.71. The van der Waals surface area contributed by atoms with E-state index in [0.29, 0.717) is 45.2 Å². The fourth-order valence-electron chi connectivity index (χ4n) is 3.85. The van der Waals surface area contributed by atoms with Crippen molar-refractivity contribution < 1.29 is 17.9 Å². The summed E-state index contributed by atoms with van der Waals surface area (Å²) >= 11 is 0. The van der Waals surface area contributed by atoms with Crippen molar-refractivity contribution in [3.05, 3.63) is 54.1 Å². The molecule has 0 aliphatic heterocycles. The molecule has 8 nitrogen and oxygen atoms in total. The van der Waals surface area contributed by atoms with Gasteiger partial charge in [0, 0.05) is 39.3 Å². The van der Waals surface area contributed by atoms with E-state index in [1.807, 2.05) is 49.6 Å². The Bertz CT molecular complexity index is 1190. The minimum absolute atomic E-state index is 0.138. The number of benzene rings is 2. The van der Waals surface area contributed by atoms with Gasteiger partial charge in [0.1, 0.15) is 0 Å². The summed E-state index contributed by atoms with van der Waals surface area (Å²) in [4.78, 5) is 17.6. The number of aryl methyl sites for hydroxylation is 2. The molecule has 184 valence electrons. The second kappa shape index (κ2) is 12.1. The van der Waals surface area contributed by atoms with E-state index in [4.69, 9.17) is 4.74 Å². The first kappa shape index (κ1) is 25.9. The number of ether oxygens (including phenoxy) is 1. The van der Waals surface area contributed by atoms with Crippen LogP contribution in [0.25, 0.3) is 11.0 Å². The van der Waals surface area contributed by atoms with Gasteiger partial charge in [0.15, 0.2) is 0 Å². The molecule has 1 aromatic heterocycles. The van der Waals surface area contributed by atoms with Gasteiger partial charge in [-0.3, -0.25) is 10.1 Å². The standard InChI is InChI=1S/C25H34N4O4S/c1-4-28(5-2)34(31,32)21-15-12-20(13-16-21)14-17-24(30)27-25-26-22-10-7-8-11-23(22)29(25)18-9-19-33-6-3/h7-8,10-13,15-16H,4-6,9,14,17-19H2,1-3H3,(H,26,27,30). The van der Waals surface area contributed by atoms with E-state index in [2.05, 4.69) is 10.3 Å². The molecular formula is C25H34N4O4S. The number of hydrogen-bond donors (Lipinski definition) is 1. The molecular weight excluding hydrogens is 452 g/mol. The minimum Gasteiger partial charge on any atom is -0.382 e. The van der Waals surface area contributed by atoms with Crippen molar-refractivity contribution in [2.24, 2.45) is 0 Å². The van der Waals surface area contributed by atoms with Crippen LogP contribution < -0.4 is 5.32 Å². The maximum Gasteiger partial charge on any atom is 0.243 e. The molecule has 0 atom stereocenters. The molecule has 0 saturated carbocycles. The molecule has 0 fully saturated rings. The highest BCUT2D eigenvalue weighted by Gasteiger charge is 2.21. The lowest BCUT2D eigenvalue weighted by atomic mass is 10.1. The summed E-state index contributed by atoms with van der Waals surface area (Å²) in [6.07, 6.45) is 1.59. The highest BCUT2D eigenvalue weighted by molar-refractivity contribution is 7.89. The van der Waals surface area contributed by atoms with Gasteiger partial charge in [-0.25, -0.2) is 13.4 Å². The van der Waals surface area contributed by atoms with Crippen LogP contribution in [0.2, 0.25) is 0 Å². The first-order chi connectivity index (χ1) is 16.4. The molecule has 3 aromatic rings. The Balaban J connectivity index is 1.64. The van der Waals surface area contributed by atoms with Crippen LogP contribution >= 0.6 is 0 Å². The SMILES string of the molecule is CCOCCCn1c(NC(=O)CCc2ccc(S(=O)(=O)N(CC)CC)cc2)nc2ccccc21. The lowest BCUT2D eigenvalue weighted by Gasteiger charge is -2.18. The van der Waals surface area contributed by atoms with Gasteiger partial charge in [0.05, 0.1) is 15.9 Å². The maximum atomic E-state index is 12.7. The first-order valence-electron chi connectivity index (χ1n) is 11.8. The van der Waals surface area contributed by atoms with Gasteiger partial charge in [0.2, 0.25) is 21.9 Å². The second-order valence-electron chi connectivity index (χ2n) is 7.91. The average Bonchev–Trinajstić information content (AvgIpc) is 3.18. The van der Waals surface area contributed by atoms with Crippen molar-refractivity contribution in [3.8, 4) is 0 Å². The molecule has 2 aromatic carbocycles. The van der Waals surface area contributed by atoms with E-state index in [-0.39, 0.29) is 17.2 Å². The van der Waals surface area contributed by atoms with E-state index >= 15 is 0 Å². The molecule has 0 saturated heterocycles. The Kier molecular flexibility index (Phi) is 9.20. The van der Waals surface area contributed by atoms with E-state index < -0.39 is 10.0 Å².